The lowest BCUT2D eigenvalue weighted by atomic mass is 10.0. The molecule has 0 heterocycles. The summed E-state index contributed by atoms with van der Waals surface area (Å²) in [5.74, 6) is 0. The monoisotopic (exact) mass is 288 g/mol. The average molecular weight is 288 g/mol. The molecule has 2 aromatic carbocycles. The number of benzene rings is 2. The summed E-state index contributed by atoms with van der Waals surface area (Å²) in [6.07, 6.45) is -1.29. The van der Waals surface area contributed by atoms with Gasteiger partial charge in [0.1, 0.15) is 0 Å². The summed E-state index contributed by atoms with van der Waals surface area (Å²) in [7, 11) is 0. The highest BCUT2D eigenvalue weighted by molar-refractivity contribution is 5.75. The zero-order valence-electron chi connectivity index (χ0n) is 10.9. The van der Waals surface area contributed by atoms with Gasteiger partial charge in [-0.2, -0.15) is 18.4 Å². The molecule has 0 saturated heterocycles. The summed E-state index contributed by atoms with van der Waals surface area (Å²) >= 11 is 0. The lowest BCUT2D eigenvalue weighted by Gasteiger charge is -2.11. The second-order valence-electron chi connectivity index (χ2n) is 4.38. The predicted molar refractivity (Wildman–Crippen MR) is 75.9 cm³/mol. The van der Waals surface area contributed by atoms with Crippen LogP contribution >= 0.6 is 0 Å². The van der Waals surface area contributed by atoms with Crippen LogP contribution in [0.1, 0.15) is 22.3 Å². The molecule has 0 aliphatic heterocycles. The molecule has 2 aromatic rings. The third-order valence-electron chi connectivity index (χ3n) is 2.90. The Balaban J connectivity index is 2.44. The first-order valence-electron chi connectivity index (χ1n) is 6.06. The van der Waals surface area contributed by atoms with E-state index in [0.717, 1.165) is 11.6 Å². The van der Waals surface area contributed by atoms with Crippen molar-refractivity contribution in [3.05, 3.63) is 64.7 Å². The predicted octanol–water partition coefficient (Wildman–Crippen LogP) is 4.33. The standard InChI is InChI=1S/C16H11F3N2/c17-16(18,19)14-8-13(10-20)12(9-15(14)21)7-6-11-4-2-1-3-5-11/h1-9H,21H2. The summed E-state index contributed by atoms with van der Waals surface area (Å²) in [5.41, 5.74) is 5.22. The van der Waals surface area contributed by atoms with Crippen LogP contribution in [0, 0.1) is 11.3 Å². The van der Waals surface area contributed by atoms with Crippen molar-refractivity contribution in [1.29, 1.82) is 5.26 Å². The highest BCUT2D eigenvalue weighted by Gasteiger charge is 2.33. The number of rotatable bonds is 2. The Bertz CT molecular complexity index is 711. The largest absolute Gasteiger partial charge is 0.418 e. The minimum absolute atomic E-state index is 0.0660. The van der Waals surface area contributed by atoms with Crippen LogP contribution < -0.4 is 5.73 Å². The number of halogens is 3. The Kier molecular flexibility index (Phi) is 3.99. The van der Waals surface area contributed by atoms with Gasteiger partial charge < -0.3 is 5.73 Å². The summed E-state index contributed by atoms with van der Waals surface area (Å²) < 4.78 is 38.2. The third kappa shape index (κ3) is 3.42. The third-order valence-corrected chi connectivity index (χ3v) is 2.90. The molecule has 0 fully saturated rings. The lowest BCUT2D eigenvalue weighted by Crippen LogP contribution is -2.09. The highest BCUT2D eigenvalue weighted by Crippen LogP contribution is 2.35. The van der Waals surface area contributed by atoms with E-state index in [1.807, 2.05) is 30.3 Å². The minimum Gasteiger partial charge on any atom is -0.398 e. The first-order valence-corrected chi connectivity index (χ1v) is 6.06. The topological polar surface area (TPSA) is 49.8 Å². The molecule has 0 atom stereocenters. The Morgan fingerprint density at radius 3 is 2.29 bits per heavy atom. The Morgan fingerprint density at radius 1 is 1.05 bits per heavy atom. The van der Waals surface area contributed by atoms with E-state index in [1.54, 1.807) is 18.2 Å². The quantitative estimate of drug-likeness (QED) is 0.660. The highest BCUT2D eigenvalue weighted by atomic mass is 19.4. The number of alkyl halides is 3. The van der Waals surface area contributed by atoms with Gasteiger partial charge in [0.25, 0.3) is 0 Å². The van der Waals surface area contributed by atoms with E-state index >= 15 is 0 Å². The number of nitriles is 1. The fourth-order valence-electron chi connectivity index (χ4n) is 1.86. The van der Waals surface area contributed by atoms with Gasteiger partial charge in [0.15, 0.2) is 0 Å². The lowest BCUT2D eigenvalue weighted by molar-refractivity contribution is -0.136. The van der Waals surface area contributed by atoms with Gasteiger partial charge in [-0.05, 0) is 23.3 Å². The maximum absolute atomic E-state index is 12.7. The van der Waals surface area contributed by atoms with Crippen molar-refractivity contribution in [2.24, 2.45) is 0 Å². The van der Waals surface area contributed by atoms with Crippen molar-refractivity contribution in [3.8, 4) is 6.07 Å². The average Bonchev–Trinajstić information content (AvgIpc) is 2.45. The van der Waals surface area contributed by atoms with Gasteiger partial charge in [-0.1, -0.05) is 42.5 Å². The first-order chi connectivity index (χ1) is 9.91. The van der Waals surface area contributed by atoms with Crippen LogP contribution in [0.2, 0.25) is 0 Å². The molecule has 2 rings (SSSR count). The maximum Gasteiger partial charge on any atom is 0.418 e. The minimum atomic E-state index is -4.57. The number of hydrogen-bond donors (Lipinski definition) is 1. The van der Waals surface area contributed by atoms with E-state index in [9.17, 15) is 13.2 Å². The molecule has 0 saturated carbocycles. The smallest absolute Gasteiger partial charge is 0.398 e. The Hall–Kier alpha value is -2.74. The second kappa shape index (κ2) is 5.71. The Morgan fingerprint density at radius 2 is 1.71 bits per heavy atom. The summed E-state index contributed by atoms with van der Waals surface area (Å²) in [6, 6.07) is 12.9. The van der Waals surface area contributed by atoms with E-state index in [0.29, 0.717) is 5.56 Å². The van der Waals surface area contributed by atoms with E-state index in [2.05, 4.69) is 0 Å². The molecule has 106 valence electrons. The molecule has 0 aliphatic carbocycles. The summed E-state index contributed by atoms with van der Waals surface area (Å²) in [6.45, 7) is 0. The zero-order valence-corrected chi connectivity index (χ0v) is 10.9. The van der Waals surface area contributed by atoms with Crippen LogP contribution in [0.3, 0.4) is 0 Å². The number of nitrogens with zero attached hydrogens (tertiary/aromatic N) is 1. The molecule has 2 nitrogen and oxygen atoms in total. The van der Waals surface area contributed by atoms with Crippen molar-refractivity contribution in [2.45, 2.75) is 6.18 Å². The van der Waals surface area contributed by atoms with Gasteiger partial charge in [0, 0.05) is 5.69 Å². The SMILES string of the molecule is N#Cc1cc(C(F)(F)F)c(N)cc1C=Cc1ccccc1. The normalized spacial score (nSPS) is 11.5. The van der Waals surface area contributed by atoms with Gasteiger partial charge in [-0.3, -0.25) is 0 Å². The molecule has 0 aromatic heterocycles. The molecule has 0 aliphatic rings. The molecule has 21 heavy (non-hydrogen) atoms. The molecule has 2 N–H and O–H groups in total. The van der Waals surface area contributed by atoms with Gasteiger partial charge in [-0.15, -0.1) is 0 Å². The van der Waals surface area contributed by atoms with E-state index in [1.165, 1.54) is 6.07 Å². The second-order valence-corrected chi connectivity index (χ2v) is 4.38. The van der Waals surface area contributed by atoms with Crippen LogP contribution in [0.15, 0.2) is 42.5 Å². The number of nitrogen functional groups attached to an aromatic ring is 1. The van der Waals surface area contributed by atoms with Gasteiger partial charge >= 0.3 is 6.18 Å². The van der Waals surface area contributed by atoms with Crippen LogP contribution in [0.4, 0.5) is 18.9 Å². The maximum atomic E-state index is 12.7. The zero-order chi connectivity index (χ0) is 15.5. The van der Waals surface area contributed by atoms with Gasteiger partial charge in [0.2, 0.25) is 0 Å². The fraction of sp³-hybridized carbons (Fsp3) is 0.0625. The molecular weight excluding hydrogens is 277 g/mol. The molecule has 0 radical (unpaired) electrons. The summed E-state index contributed by atoms with van der Waals surface area (Å²) in [4.78, 5) is 0. The van der Waals surface area contributed by atoms with Crippen LogP contribution in [0.25, 0.3) is 12.2 Å². The van der Waals surface area contributed by atoms with E-state index in [-0.39, 0.29) is 5.56 Å². The fourth-order valence-corrected chi connectivity index (χ4v) is 1.86. The van der Waals surface area contributed by atoms with Crippen LogP contribution in [-0.4, -0.2) is 0 Å². The number of hydrogen-bond acceptors (Lipinski definition) is 2. The van der Waals surface area contributed by atoms with E-state index in [4.69, 9.17) is 11.0 Å². The van der Waals surface area contributed by atoms with E-state index < -0.39 is 17.4 Å². The molecule has 0 unspecified atom stereocenters. The van der Waals surface area contributed by atoms with Gasteiger partial charge in [0.05, 0.1) is 17.2 Å². The van der Waals surface area contributed by atoms with Crippen molar-refractivity contribution >= 4 is 17.8 Å². The van der Waals surface area contributed by atoms with Crippen molar-refractivity contribution < 1.29 is 13.2 Å². The molecule has 0 bridgehead atoms. The van der Waals surface area contributed by atoms with Crippen molar-refractivity contribution in [1.82, 2.24) is 0 Å². The molecular formula is C16H11F3N2. The van der Waals surface area contributed by atoms with Crippen molar-refractivity contribution in [3.63, 3.8) is 0 Å². The van der Waals surface area contributed by atoms with Crippen molar-refractivity contribution in [2.75, 3.05) is 5.73 Å². The molecule has 0 amide bonds. The first kappa shape index (κ1) is 14.7. The van der Waals surface area contributed by atoms with Crippen LogP contribution in [-0.2, 0) is 6.18 Å². The molecule has 0 spiro atoms. The Labute approximate surface area is 119 Å². The number of anilines is 1. The van der Waals surface area contributed by atoms with Crippen LogP contribution in [0.5, 0.6) is 0 Å². The molecule has 5 heteroatoms. The van der Waals surface area contributed by atoms with Gasteiger partial charge in [-0.25, -0.2) is 0 Å². The number of nitrogens with two attached hydrogens (primary N) is 1. The summed E-state index contributed by atoms with van der Waals surface area (Å²) in [5, 5.41) is 9.00.